The number of carbonyl (C=O) groups is 3. The molecule has 9 heteroatoms. The summed E-state index contributed by atoms with van der Waals surface area (Å²) in [6, 6.07) is 9.69. The van der Waals surface area contributed by atoms with Crippen molar-refractivity contribution in [3.63, 3.8) is 0 Å². The van der Waals surface area contributed by atoms with Crippen molar-refractivity contribution in [3.8, 4) is 0 Å². The van der Waals surface area contributed by atoms with Crippen molar-refractivity contribution in [3.05, 3.63) is 79.8 Å². The van der Waals surface area contributed by atoms with Gasteiger partial charge >= 0.3 is 5.97 Å². The summed E-state index contributed by atoms with van der Waals surface area (Å²) in [5.74, 6) is -1.47. The lowest BCUT2D eigenvalue weighted by Crippen LogP contribution is -2.32. The van der Waals surface area contributed by atoms with Crippen LogP contribution in [0.15, 0.2) is 51.9 Å². The van der Waals surface area contributed by atoms with Crippen LogP contribution >= 0.6 is 15.9 Å². The van der Waals surface area contributed by atoms with Crippen LogP contribution in [-0.4, -0.2) is 38.6 Å². The van der Waals surface area contributed by atoms with E-state index in [0.717, 1.165) is 10.5 Å². The number of benzene rings is 1. The molecule has 3 heterocycles. The van der Waals surface area contributed by atoms with Crippen LogP contribution in [0, 0.1) is 6.92 Å². The number of fused-ring (bicyclic) bond motifs is 2. The fourth-order valence-corrected chi connectivity index (χ4v) is 3.59. The van der Waals surface area contributed by atoms with E-state index in [4.69, 9.17) is 4.74 Å². The first kappa shape index (κ1) is 20.0. The Morgan fingerprint density at radius 1 is 1.07 bits per heavy atom. The fraction of sp³-hybridized carbons (Fsp3) is 0.190. The van der Waals surface area contributed by atoms with E-state index in [2.05, 4.69) is 20.9 Å². The van der Waals surface area contributed by atoms with Crippen LogP contribution in [0.1, 0.15) is 38.4 Å². The zero-order valence-corrected chi connectivity index (χ0v) is 17.5. The standard InChI is InChI=1S/C21H16BrN3O5/c1-12-2-5-17-23-14(9-18(26)25(17)10-12)11-30-19(27)6-7-24-20(28)15-4-3-13(22)8-16(15)21(24)29/h2-5,8-10H,6-7,11H2,1H3. The van der Waals surface area contributed by atoms with Gasteiger partial charge in [-0.1, -0.05) is 22.0 Å². The number of aryl methyl sites for hydroxylation is 1. The van der Waals surface area contributed by atoms with Crippen LogP contribution in [0.4, 0.5) is 0 Å². The zero-order valence-electron chi connectivity index (χ0n) is 15.9. The van der Waals surface area contributed by atoms with E-state index < -0.39 is 17.8 Å². The number of aromatic nitrogens is 2. The summed E-state index contributed by atoms with van der Waals surface area (Å²) in [5.41, 5.74) is 2.05. The first-order chi connectivity index (χ1) is 14.3. The predicted octanol–water partition coefficient (Wildman–Crippen LogP) is 2.49. The van der Waals surface area contributed by atoms with E-state index in [0.29, 0.717) is 26.9 Å². The number of esters is 1. The summed E-state index contributed by atoms with van der Waals surface area (Å²) in [6.45, 7) is 1.61. The van der Waals surface area contributed by atoms with Crippen molar-refractivity contribution < 1.29 is 19.1 Å². The first-order valence-corrected chi connectivity index (χ1v) is 9.93. The average Bonchev–Trinajstić information content (AvgIpc) is 2.95. The zero-order chi connectivity index (χ0) is 21.4. The molecule has 0 bridgehead atoms. The van der Waals surface area contributed by atoms with Crippen molar-refractivity contribution in [1.29, 1.82) is 0 Å². The number of carbonyl (C=O) groups excluding carboxylic acids is 3. The molecule has 152 valence electrons. The van der Waals surface area contributed by atoms with Gasteiger partial charge in [0.25, 0.3) is 17.4 Å². The molecule has 0 radical (unpaired) electrons. The highest BCUT2D eigenvalue weighted by Gasteiger charge is 2.35. The van der Waals surface area contributed by atoms with E-state index in [9.17, 15) is 19.2 Å². The summed E-state index contributed by atoms with van der Waals surface area (Å²) in [6.07, 6.45) is 1.53. The number of hydrogen-bond acceptors (Lipinski definition) is 6. The van der Waals surface area contributed by atoms with Gasteiger partial charge in [0.1, 0.15) is 12.3 Å². The minimum atomic E-state index is -0.598. The van der Waals surface area contributed by atoms with Crippen molar-refractivity contribution in [2.24, 2.45) is 0 Å². The minimum Gasteiger partial charge on any atom is -0.459 e. The van der Waals surface area contributed by atoms with Crippen molar-refractivity contribution >= 4 is 39.4 Å². The molecule has 4 rings (SSSR count). The Labute approximate surface area is 179 Å². The van der Waals surface area contributed by atoms with E-state index in [1.807, 2.05) is 13.0 Å². The third-order valence-electron chi connectivity index (χ3n) is 4.71. The highest BCUT2D eigenvalue weighted by Crippen LogP contribution is 2.26. The third-order valence-corrected chi connectivity index (χ3v) is 5.21. The topological polar surface area (TPSA) is 98.0 Å². The van der Waals surface area contributed by atoms with Crippen LogP contribution in [0.3, 0.4) is 0 Å². The summed E-state index contributed by atoms with van der Waals surface area (Å²) in [4.78, 5) is 54.5. The summed E-state index contributed by atoms with van der Waals surface area (Å²) in [5, 5.41) is 0. The number of hydrogen-bond donors (Lipinski definition) is 0. The Morgan fingerprint density at radius 2 is 1.83 bits per heavy atom. The van der Waals surface area contributed by atoms with Gasteiger partial charge in [0.15, 0.2) is 0 Å². The molecule has 0 unspecified atom stereocenters. The largest absolute Gasteiger partial charge is 0.459 e. The van der Waals surface area contributed by atoms with Gasteiger partial charge in [-0.25, -0.2) is 4.98 Å². The molecule has 8 nitrogen and oxygen atoms in total. The number of halogens is 1. The monoisotopic (exact) mass is 469 g/mol. The van der Waals surface area contributed by atoms with Crippen LogP contribution < -0.4 is 5.56 Å². The lowest BCUT2D eigenvalue weighted by molar-refractivity contribution is -0.145. The predicted molar refractivity (Wildman–Crippen MR) is 110 cm³/mol. The first-order valence-electron chi connectivity index (χ1n) is 9.14. The maximum Gasteiger partial charge on any atom is 0.307 e. The molecule has 0 N–H and O–H groups in total. The van der Waals surface area contributed by atoms with Gasteiger partial charge in [0.05, 0.1) is 23.2 Å². The summed E-state index contributed by atoms with van der Waals surface area (Å²) < 4.78 is 7.29. The van der Waals surface area contributed by atoms with Crippen LogP contribution in [0.25, 0.3) is 5.65 Å². The summed E-state index contributed by atoms with van der Waals surface area (Å²) in [7, 11) is 0. The van der Waals surface area contributed by atoms with Gasteiger partial charge in [-0.15, -0.1) is 0 Å². The molecule has 1 aromatic carbocycles. The third kappa shape index (κ3) is 3.76. The number of rotatable bonds is 5. The van der Waals surface area contributed by atoms with Crippen molar-refractivity contribution in [1.82, 2.24) is 14.3 Å². The van der Waals surface area contributed by atoms with Gasteiger partial charge < -0.3 is 4.74 Å². The lowest BCUT2D eigenvalue weighted by Gasteiger charge is -2.13. The summed E-state index contributed by atoms with van der Waals surface area (Å²) >= 11 is 3.27. The molecule has 30 heavy (non-hydrogen) atoms. The molecular weight excluding hydrogens is 454 g/mol. The second-order valence-corrected chi connectivity index (χ2v) is 7.80. The Bertz CT molecular complexity index is 1270. The molecule has 2 amide bonds. The quantitative estimate of drug-likeness (QED) is 0.420. The highest BCUT2D eigenvalue weighted by atomic mass is 79.9. The van der Waals surface area contributed by atoms with E-state index in [1.54, 1.807) is 30.5 Å². The van der Waals surface area contributed by atoms with Gasteiger partial charge in [0.2, 0.25) is 0 Å². The normalized spacial score (nSPS) is 13.1. The van der Waals surface area contributed by atoms with Gasteiger partial charge in [-0.2, -0.15) is 0 Å². The number of amides is 2. The molecule has 0 atom stereocenters. The van der Waals surface area contributed by atoms with Crippen LogP contribution in [0.5, 0.6) is 0 Å². The van der Waals surface area contributed by atoms with Crippen LogP contribution in [0.2, 0.25) is 0 Å². The van der Waals surface area contributed by atoms with Crippen molar-refractivity contribution in [2.45, 2.75) is 20.0 Å². The molecular formula is C21H16BrN3O5. The molecule has 0 aliphatic carbocycles. The Hall–Kier alpha value is -3.33. The lowest BCUT2D eigenvalue weighted by atomic mass is 10.1. The number of imide groups is 1. The molecule has 0 fully saturated rings. The van der Waals surface area contributed by atoms with Crippen LogP contribution in [-0.2, 0) is 16.1 Å². The number of nitrogens with zero attached hydrogens (tertiary/aromatic N) is 3. The number of pyridine rings is 1. The van der Waals surface area contributed by atoms with E-state index in [1.165, 1.54) is 10.5 Å². The Balaban J connectivity index is 1.38. The molecule has 2 aromatic heterocycles. The smallest absolute Gasteiger partial charge is 0.307 e. The fourth-order valence-electron chi connectivity index (χ4n) is 3.23. The average molecular weight is 470 g/mol. The Morgan fingerprint density at radius 3 is 2.63 bits per heavy atom. The van der Waals surface area contributed by atoms with Crippen molar-refractivity contribution in [2.75, 3.05) is 6.54 Å². The van der Waals surface area contributed by atoms with Gasteiger partial charge in [0, 0.05) is 23.3 Å². The maximum atomic E-state index is 12.4. The van der Waals surface area contributed by atoms with Gasteiger partial charge in [-0.3, -0.25) is 28.5 Å². The SMILES string of the molecule is Cc1ccc2nc(COC(=O)CCN3C(=O)c4ccc(Br)cc4C3=O)cc(=O)n2c1. The molecule has 3 aromatic rings. The second kappa shape index (κ2) is 7.83. The second-order valence-electron chi connectivity index (χ2n) is 6.88. The molecule has 0 saturated carbocycles. The van der Waals surface area contributed by atoms with E-state index in [-0.39, 0.29) is 25.1 Å². The van der Waals surface area contributed by atoms with E-state index >= 15 is 0 Å². The van der Waals surface area contributed by atoms with Gasteiger partial charge in [-0.05, 0) is 36.8 Å². The highest BCUT2D eigenvalue weighted by molar-refractivity contribution is 9.10. The Kier molecular flexibility index (Phi) is 5.21. The molecule has 1 aliphatic heterocycles. The molecule has 1 aliphatic rings. The molecule has 0 saturated heterocycles. The minimum absolute atomic E-state index is 0.0874. The maximum absolute atomic E-state index is 12.4. The molecule has 0 spiro atoms. The number of ether oxygens (including phenoxy) is 1.